The van der Waals surface area contributed by atoms with Crippen molar-refractivity contribution < 1.29 is 14.0 Å². The summed E-state index contributed by atoms with van der Waals surface area (Å²) in [7, 11) is 0. The van der Waals surface area contributed by atoms with E-state index in [9.17, 15) is 9.59 Å². The molecule has 1 fully saturated rings. The molecule has 1 saturated heterocycles. The molecule has 2 amide bonds. The number of anilines is 3. The van der Waals surface area contributed by atoms with Gasteiger partial charge in [0.2, 0.25) is 17.8 Å². The fraction of sp³-hybridized carbons (Fsp3) is 0.440. The Hall–Kier alpha value is -3.27. The van der Waals surface area contributed by atoms with E-state index in [2.05, 4.69) is 34.3 Å². The lowest BCUT2D eigenvalue weighted by atomic mass is 9.92. The largest absolute Gasteiger partial charge is 0.467 e. The van der Waals surface area contributed by atoms with Gasteiger partial charge in [0.1, 0.15) is 12.3 Å². The number of amides is 2. The summed E-state index contributed by atoms with van der Waals surface area (Å²) in [6, 6.07) is 11.1. The van der Waals surface area contributed by atoms with Gasteiger partial charge in [-0.25, -0.2) is 0 Å². The third kappa shape index (κ3) is 4.93. The quantitative estimate of drug-likeness (QED) is 0.520. The number of carbonyl (C=O) groups excluding carboxylic acids is 2. The lowest BCUT2D eigenvalue weighted by Gasteiger charge is -2.35. The molecular weight excluding hydrogens is 464 g/mol. The van der Waals surface area contributed by atoms with Crippen molar-refractivity contribution in [1.29, 1.82) is 0 Å². The molecule has 2 aliphatic rings. The van der Waals surface area contributed by atoms with Crippen molar-refractivity contribution in [3.05, 3.63) is 48.4 Å². The SMILES string of the molecule is C[C@@H]1C[C@@H](C)CN(c2nnc(S[C@H](C)C(=O)N3CC(=O)Nc4ccccc43)n2Cc2ccco2)C1. The van der Waals surface area contributed by atoms with E-state index in [-0.39, 0.29) is 18.4 Å². The van der Waals surface area contributed by atoms with E-state index >= 15 is 0 Å². The number of carbonyl (C=O) groups is 2. The number of nitrogens with zero attached hydrogens (tertiary/aromatic N) is 5. The zero-order chi connectivity index (χ0) is 24.5. The fourth-order valence-corrected chi connectivity index (χ4v) is 5.89. The predicted octanol–water partition coefficient (Wildman–Crippen LogP) is 3.87. The van der Waals surface area contributed by atoms with Crippen LogP contribution in [0.15, 0.2) is 52.2 Å². The Kier molecular flexibility index (Phi) is 6.55. The number of para-hydroxylation sites is 2. The number of hydrogen-bond donors (Lipinski definition) is 1. The monoisotopic (exact) mass is 494 g/mol. The first-order chi connectivity index (χ1) is 16.9. The van der Waals surface area contributed by atoms with Crippen molar-refractivity contribution in [1.82, 2.24) is 14.8 Å². The summed E-state index contributed by atoms with van der Waals surface area (Å²) >= 11 is 1.35. The van der Waals surface area contributed by atoms with Crippen LogP contribution in [0.1, 0.15) is 33.0 Å². The Bertz CT molecular complexity index is 1200. The highest BCUT2D eigenvalue weighted by molar-refractivity contribution is 8.00. The smallest absolute Gasteiger partial charge is 0.244 e. The third-order valence-corrected chi connectivity index (χ3v) is 7.48. The molecule has 0 radical (unpaired) electrons. The zero-order valence-corrected chi connectivity index (χ0v) is 21.0. The summed E-state index contributed by atoms with van der Waals surface area (Å²) in [6.07, 6.45) is 2.85. The van der Waals surface area contributed by atoms with Crippen molar-refractivity contribution in [2.45, 2.75) is 44.1 Å². The van der Waals surface area contributed by atoms with Gasteiger partial charge in [0.25, 0.3) is 0 Å². The van der Waals surface area contributed by atoms with Crippen LogP contribution >= 0.6 is 11.8 Å². The van der Waals surface area contributed by atoms with Crippen molar-refractivity contribution in [2.75, 3.05) is 34.8 Å². The van der Waals surface area contributed by atoms with Crippen LogP contribution in [0.3, 0.4) is 0 Å². The van der Waals surface area contributed by atoms with Crippen LogP contribution in [0, 0.1) is 11.8 Å². The topological polar surface area (TPSA) is 96.5 Å². The average Bonchev–Trinajstić information content (AvgIpc) is 3.48. The molecule has 0 aliphatic carbocycles. The Morgan fingerprint density at radius 2 is 1.94 bits per heavy atom. The summed E-state index contributed by atoms with van der Waals surface area (Å²) in [6.45, 7) is 8.68. The van der Waals surface area contributed by atoms with E-state index in [1.165, 1.54) is 18.2 Å². The van der Waals surface area contributed by atoms with Crippen LogP contribution in [-0.4, -0.2) is 51.5 Å². The van der Waals surface area contributed by atoms with E-state index in [4.69, 9.17) is 4.42 Å². The van der Waals surface area contributed by atoms with Gasteiger partial charge >= 0.3 is 0 Å². The Morgan fingerprint density at radius 3 is 2.69 bits per heavy atom. The number of hydrogen-bond acceptors (Lipinski definition) is 7. The number of benzene rings is 1. The van der Waals surface area contributed by atoms with Crippen molar-refractivity contribution in [3.8, 4) is 0 Å². The Morgan fingerprint density at radius 1 is 1.17 bits per heavy atom. The second kappa shape index (κ2) is 9.77. The van der Waals surface area contributed by atoms with E-state index in [0.717, 1.165) is 24.8 Å². The molecule has 1 N–H and O–H groups in total. The van der Waals surface area contributed by atoms with Crippen LogP contribution < -0.4 is 15.1 Å². The molecule has 3 aromatic rings. The Labute approximate surface area is 208 Å². The zero-order valence-electron chi connectivity index (χ0n) is 20.2. The number of fused-ring (bicyclic) bond motifs is 1. The lowest BCUT2D eigenvalue weighted by Crippen LogP contribution is -2.45. The van der Waals surface area contributed by atoms with Crippen LogP contribution in [-0.2, 0) is 16.1 Å². The summed E-state index contributed by atoms with van der Waals surface area (Å²) < 4.78 is 7.66. The molecule has 2 aromatic heterocycles. The Balaban J connectivity index is 1.41. The van der Waals surface area contributed by atoms with Gasteiger partial charge in [-0.1, -0.05) is 37.7 Å². The van der Waals surface area contributed by atoms with Gasteiger partial charge in [0.05, 0.1) is 29.4 Å². The van der Waals surface area contributed by atoms with Gasteiger partial charge in [0, 0.05) is 13.1 Å². The maximum Gasteiger partial charge on any atom is 0.244 e. The maximum atomic E-state index is 13.5. The van der Waals surface area contributed by atoms with Crippen molar-refractivity contribution in [2.24, 2.45) is 11.8 Å². The van der Waals surface area contributed by atoms with E-state index < -0.39 is 5.25 Å². The van der Waals surface area contributed by atoms with Crippen LogP contribution in [0.4, 0.5) is 17.3 Å². The first kappa shape index (κ1) is 23.5. The minimum atomic E-state index is -0.472. The summed E-state index contributed by atoms with van der Waals surface area (Å²) in [4.78, 5) is 29.5. The molecule has 0 unspecified atom stereocenters. The van der Waals surface area contributed by atoms with Gasteiger partial charge in [-0.15, -0.1) is 10.2 Å². The average molecular weight is 495 g/mol. The van der Waals surface area contributed by atoms with Crippen LogP contribution in [0.2, 0.25) is 0 Å². The third-order valence-electron chi connectivity index (χ3n) is 6.41. The molecule has 0 saturated carbocycles. The summed E-state index contributed by atoms with van der Waals surface area (Å²) in [5, 5.41) is 12.1. The summed E-state index contributed by atoms with van der Waals surface area (Å²) in [5.41, 5.74) is 1.35. The number of thioether (sulfide) groups is 1. The summed E-state index contributed by atoms with van der Waals surface area (Å²) in [5.74, 6) is 2.37. The number of nitrogens with one attached hydrogen (secondary N) is 1. The first-order valence-electron chi connectivity index (χ1n) is 12.0. The molecule has 184 valence electrons. The van der Waals surface area contributed by atoms with E-state index in [1.54, 1.807) is 17.2 Å². The minimum absolute atomic E-state index is 0.00532. The molecule has 9 nitrogen and oxygen atoms in total. The minimum Gasteiger partial charge on any atom is -0.467 e. The molecular formula is C25H30N6O3S. The van der Waals surface area contributed by atoms with Crippen LogP contribution in [0.25, 0.3) is 0 Å². The molecule has 35 heavy (non-hydrogen) atoms. The standard InChI is InChI=1S/C25H30N6O3S/c1-16-11-17(2)13-29(12-16)24-27-28-25(31(24)14-19-7-6-10-34-19)35-18(3)23(33)30-15-22(32)26-20-8-4-5-9-21(20)30/h4-10,16-18H,11-15H2,1-3H3,(H,26,32)/t16-,17-,18-/m1/s1. The fourth-order valence-electron chi connectivity index (χ4n) is 4.98. The number of piperidine rings is 1. The maximum absolute atomic E-state index is 13.5. The van der Waals surface area contributed by atoms with Gasteiger partial charge in [-0.05, 0) is 49.4 Å². The molecule has 0 spiro atoms. The highest BCUT2D eigenvalue weighted by Crippen LogP contribution is 2.34. The normalized spacial score (nSPS) is 20.9. The molecule has 2 aliphatic heterocycles. The van der Waals surface area contributed by atoms with Gasteiger partial charge in [-0.3, -0.25) is 19.1 Å². The molecule has 4 heterocycles. The van der Waals surface area contributed by atoms with E-state index in [1.807, 2.05) is 41.8 Å². The van der Waals surface area contributed by atoms with Crippen LogP contribution in [0.5, 0.6) is 0 Å². The molecule has 5 rings (SSSR count). The number of rotatable bonds is 6. The highest BCUT2D eigenvalue weighted by Gasteiger charge is 2.32. The number of aromatic nitrogens is 3. The van der Waals surface area contributed by atoms with Gasteiger partial charge < -0.3 is 14.6 Å². The highest BCUT2D eigenvalue weighted by atomic mass is 32.2. The van der Waals surface area contributed by atoms with Crippen molar-refractivity contribution in [3.63, 3.8) is 0 Å². The molecule has 10 heteroatoms. The molecule has 1 aromatic carbocycles. The predicted molar refractivity (Wildman–Crippen MR) is 136 cm³/mol. The first-order valence-corrected chi connectivity index (χ1v) is 12.8. The van der Waals surface area contributed by atoms with E-state index in [0.29, 0.717) is 34.9 Å². The van der Waals surface area contributed by atoms with Gasteiger partial charge in [0.15, 0.2) is 5.16 Å². The van der Waals surface area contributed by atoms with Crippen molar-refractivity contribution >= 4 is 40.9 Å². The lowest BCUT2D eigenvalue weighted by molar-refractivity contribution is -0.121. The molecule has 3 atom stereocenters. The number of furan rings is 1. The second-order valence-electron chi connectivity index (χ2n) is 9.55. The van der Waals surface area contributed by atoms with Gasteiger partial charge in [-0.2, -0.15) is 0 Å². The second-order valence-corrected chi connectivity index (χ2v) is 10.9. The molecule has 0 bridgehead atoms.